The van der Waals surface area contributed by atoms with Gasteiger partial charge in [0.15, 0.2) is 5.41 Å². The fraction of sp³-hybridized carbons (Fsp3) is 0.429. The molecule has 0 bridgehead atoms. The van der Waals surface area contributed by atoms with E-state index < -0.39 is 11.4 Å². The summed E-state index contributed by atoms with van der Waals surface area (Å²) in [5.74, 6) is -1.12. The smallest absolute Gasteiger partial charge is 0.328 e. The average molecular weight is 231 g/mol. The number of carbonyl (C=O) groups is 1. The molecule has 0 saturated heterocycles. The minimum Gasteiger partial charge on any atom is -0.480 e. The van der Waals surface area contributed by atoms with Crippen molar-refractivity contribution in [1.82, 2.24) is 0 Å². The third kappa shape index (κ3) is 2.47. The zero-order chi connectivity index (χ0) is 13.3. The molecule has 90 valence electrons. The fourth-order valence-corrected chi connectivity index (χ4v) is 1.54. The molecule has 0 aliphatic rings. The third-order valence-corrected chi connectivity index (χ3v) is 2.98. The van der Waals surface area contributed by atoms with Crippen molar-refractivity contribution in [2.24, 2.45) is 0 Å². The summed E-state index contributed by atoms with van der Waals surface area (Å²) in [5.41, 5.74) is 0.175. The second-order valence-electron chi connectivity index (χ2n) is 5.37. The molecule has 0 heterocycles. The number of hydrogen-bond acceptors (Lipinski definition) is 2. The highest BCUT2D eigenvalue weighted by Crippen LogP contribution is 2.27. The summed E-state index contributed by atoms with van der Waals surface area (Å²) < 4.78 is 0. The maximum atomic E-state index is 11.1. The number of nitriles is 1. The molecular weight excluding hydrogens is 214 g/mol. The Morgan fingerprint density at radius 3 is 1.82 bits per heavy atom. The van der Waals surface area contributed by atoms with Crippen molar-refractivity contribution < 1.29 is 9.90 Å². The van der Waals surface area contributed by atoms with Crippen molar-refractivity contribution in [2.75, 3.05) is 0 Å². The quantitative estimate of drug-likeness (QED) is 0.851. The van der Waals surface area contributed by atoms with Crippen LogP contribution in [0, 0.1) is 11.3 Å². The predicted octanol–water partition coefficient (Wildman–Crippen LogP) is 2.85. The highest BCUT2D eigenvalue weighted by Gasteiger charge is 2.35. The van der Waals surface area contributed by atoms with Gasteiger partial charge in [-0.3, -0.25) is 4.79 Å². The molecule has 3 nitrogen and oxygen atoms in total. The van der Waals surface area contributed by atoms with Crippen LogP contribution in [0.4, 0.5) is 0 Å². The van der Waals surface area contributed by atoms with E-state index >= 15 is 0 Å². The van der Waals surface area contributed by atoms with Gasteiger partial charge < -0.3 is 5.11 Å². The van der Waals surface area contributed by atoms with Gasteiger partial charge in [0, 0.05) is 0 Å². The second-order valence-corrected chi connectivity index (χ2v) is 5.37. The van der Waals surface area contributed by atoms with Crippen LogP contribution in [0.1, 0.15) is 38.8 Å². The van der Waals surface area contributed by atoms with Crippen LogP contribution in [-0.2, 0) is 15.6 Å². The predicted molar refractivity (Wildman–Crippen MR) is 65.7 cm³/mol. The SMILES string of the molecule is CC(C)(C)c1ccc(C(C)(C#N)C(=O)O)cc1. The van der Waals surface area contributed by atoms with E-state index in [2.05, 4.69) is 20.8 Å². The van der Waals surface area contributed by atoms with Crippen molar-refractivity contribution in [3.63, 3.8) is 0 Å². The highest BCUT2D eigenvalue weighted by molar-refractivity contribution is 5.84. The molecule has 0 saturated carbocycles. The van der Waals surface area contributed by atoms with E-state index in [1.807, 2.05) is 18.2 Å². The van der Waals surface area contributed by atoms with Crippen LogP contribution in [0.25, 0.3) is 0 Å². The van der Waals surface area contributed by atoms with Crippen molar-refractivity contribution >= 4 is 5.97 Å². The number of carboxylic acids is 1. The second kappa shape index (κ2) is 4.21. The Bertz CT molecular complexity index is 462. The lowest BCUT2D eigenvalue weighted by Gasteiger charge is -2.21. The lowest BCUT2D eigenvalue weighted by Crippen LogP contribution is -2.30. The molecule has 0 aliphatic heterocycles. The summed E-state index contributed by atoms with van der Waals surface area (Å²) >= 11 is 0. The van der Waals surface area contributed by atoms with Gasteiger partial charge in [-0.15, -0.1) is 0 Å². The van der Waals surface area contributed by atoms with E-state index in [-0.39, 0.29) is 5.41 Å². The van der Waals surface area contributed by atoms with Gasteiger partial charge >= 0.3 is 5.97 Å². The largest absolute Gasteiger partial charge is 0.480 e. The van der Waals surface area contributed by atoms with Crippen LogP contribution in [0.15, 0.2) is 24.3 Å². The molecule has 1 N–H and O–H groups in total. The maximum absolute atomic E-state index is 11.1. The topological polar surface area (TPSA) is 61.1 Å². The zero-order valence-electron chi connectivity index (χ0n) is 10.6. The van der Waals surface area contributed by atoms with E-state index in [0.717, 1.165) is 5.56 Å². The average Bonchev–Trinajstić information content (AvgIpc) is 2.26. The number of rotatable bonds is 2. The molecule has 0 aromatic heterocycles. The number of nitrogens with zero attached hydrogens (tertiary/aromatic N) is 1. The molecule has 1 aromatic carbocycles. The van der Waals surface area contributed by atoms with Crippen molar-refractivity contribution in [3.05, 3.63) is 35.4 Å². The number of benzene rings is 1. The Balaban J connectivity index is 3.20. The minimum atomic E-state index is -1.48. The maximum Gasteiger partial charge on any atom is 0.328 e. The monoisotopic (exact) mass is 231 g/mol. The summed E-state index contributed by atoms with van der Waals surface area (Å²) in [6.45, 7) is 7.68. The van der Waals surface area contributed by atoms with E-state index in [1.54, 1.807) is 12.1 Å². The van der Waals surface area contributed by atoms with Crippen LogP contribution >= 0.6 is 0 Å². The van der Waals surface area contributed by atoms with Gasteiger partial charge in [-0.25, -0.2) is 0 Å². The summed E-state index contributed by atoms with van der Waals surface area (Å²) in [6.07, 6.45) is 0. The van der Waals surface area contributed by atoms with Gasteiger partial charge in [0.1, 0.15) is 0 Å². The normalized spacial score (nSPS) is 14.8. The van der Waals surface area contributed by atoms with Gasteiger partial charge in [-0.1, -0.05) is 45.0 Å². The standard InChI is InChI=1S/C14H17NO2/c1-13(2,3)10-5-7-11(8-6-10)14(4,9-15)12(16)17/h5-8H,1-4H3,(H,16,17). The highest BCUT2D eigenvalue weighted by atomic mass is 16.4. The van der Waals surface area contributed by atoms with E-state index in [1.165, 1.54) is 6.92 Å². The molecule has 0 spiro atoms. The first-order chi connectivity index (χ1) is 7.71. The Labute approximate surface area is 102 Å². The molecule has 17 heavy (non-hydrogen) atoms. The zero-order valence-corrected chi connectivity index (χ0v) is 10.6. The number of carboxylic acid groups (broad SMARTS) is 1. The Morgan fingerprint density at radius 2 is 1.53 bits per heavy atom. The van der Waals surface area contributed by atoms with E-state index in [0.29, 0.717) is 5.56 Å². The molecule has 0 fully saturated rings. The van der Waals surface area contributed by atoms with E-state index in [9.17, 15) is 4.79 Å². The van der Waals surface area contributed by atoms with Crippen LogP contribution in [0.5, 0.6) is 0 Å². The van der Waals surface area contributed by atoms with Crippen molar-refractivity contribution in [3.8, 4) is 6.07 Å². The molecule has 0 aliphatic carbocycles. The lowest BCUT2D eigenvalue weighted by atomic mass is 9.81. The van der Waals surface area contributed by atoms with Crippen LogP contribution in [0.3, 0.4) is 0 Å². The Morgan fingerprint density at radius 1 is 1.12 bits per heavy atom. The molecule has 1 rings (SSSR count). The van der Waals surface area contributed by atoms with Crippen LogP contribution in [0.2, 0.25) is 0 Å². The Hall–Kier alpha value is -1.82. The van der Waals surface area contributed by atoms with Gasteiger partial charge in [0.2, 0.25) is 0 Å². The van der Waals surface area contributed by atoms with Crippen molar-refractivity contribution in [2.45, 2.75) is 38.5 Å². The van der Waals surface area contributed by atoms with Gasteiger partial charge in [-0.05, 0) is 23.5 Å². The Kier molecular flexibility index (Phi) is 3.28. The third-order valence-electron chi connectivity index (χ3n) is 2.98. The molecule has 1 aromatic rings. The summed E-state index contributed by atoms with van der Waals surface area (Å²) in [4.78, 5) is 11.1. The first-order valence-electron chi connectivity index (χ1n) is 5.47. The van der Waals surface area contributed by atoms with Gasteiger partial charge in [0.05, 0.1) is 6.07 Å². The minimum absolute atomic E-state index is 0.0186. The summed E-state index contributed by atoms with van der Waals surface area (Å²) in [5, 5.41) is 18.1. The number of hydrogen-bond donors (Lipinski definition) is 1. The van der Waals surface area contributed by atoms with Crippen LogP contribution in [-0.4, -0.2) is 11.1 Å². The summed E-state index contributed by atoms with van der Waals surface area (Å²) in [7, 11) is 0. The molecular formula is C14H17NO2. The fourth-order valence-electron chi connectivity index (χ4n) is 1.54. The van der Waals surface area contributed by atoms with Crippen molar-refractivity contribution in [1.29, 1.82) is 5.26 Å². The molecule has 3 heteroatoms. The molecule has 0 amide bonds. The van der Waals surface area contributed by atoms with E-state index in [4.69, 9.17) is 10.4 Å². The molecule has 1 unspecified atom stereocenters. The molecule has 0 radical (unpaired) electrons. The first kappa shape index (κ1) is 13.2. The van der Waals surface area contributed by atoms with Gasteiger partial charge in [-0.2, -0.15) is 5.26 Å². The van der Waals surface area contributed by atoms with Gasteiger partial charge in [0.25, 0.3) is 0 Å². The molecule has 1 atom stereocenters. The first-order valence-corrected chi connectivity index (χ1v) is 5.47. The van der Waals surface area contributed by atoms with Crippen LogP contribution < -0.4 is 0 Å². The lowest BCUT2D eigenvalue weighted by molar-refractivity contribution is -0.141. The number of aliphatic carboxylic acids is 1. The summed E-state index contributed by atoms with van der Waals surface area (Å²) in [6, 6.07) is 9.06.